The molecule has 1 aromatic carbocycles. The molecule has 1 aliphatic heterocycles. The minimum atomic E-state index is -0.283. The van der Waals surface area contributed by atoms with E-state index in [0.29, 0.717) is 12.1 Å². The maximum atomic E-state index is 11.3. The van der Waals surface area contributed by atoms with Crippen LogP contribution in [0.4, 0.5) is 5.69 Å². The van der Waals surface area contributed by atoms with Gasteiger partial charge in [0.25, 0.3) is 0 Å². The minimum Gasteiger partial charge on any atom is -0.507 e. The fraction of sp³-hybridized carbons (Fsp3) is 0.429. The molecule has 1 aliphatic rings. The van der Waals surface area contributed by atoms with Crippen molar-refractivity contribution in [1.82, 2.24) is 0 Å². The molecule has 0 saturated carbocycles. The Bertz CT molecular complexity index is 513. The van der Waals surface area contributed by atoms with E-state index in [1.807, 2.05) is 4.90 Å². The Balaban J connectivity index is 2.20. The number of carbonyl (C=O) groups is 2. The van der Waals surface area contributed by atoms with Gasteiger partial charge in [0, 0.05) is 24.8 Å². The molecule has 1 aromatic rings. The number of phenols is 1. The SMILES string of the molecule is CC(=O)c1ccc(N2CCCC(C(N)=O)C2)cc1O. The number of nitrogens with zero attached hydrogens (tertiary/aromatic N) is 1. The summed E-state index contributed by atoms with van der Waals surface area (Å²) in [7, 11) is 0. The first-order valence-electron chi connectivity index (χ1n) is 6.37. The van der Waals surface area contributed by atoms with Crippen LogP contribution >= 0.6 is 0 Å². The monoisotopic (exact) mass is 262 g/mol. The number of anilines is 1. The second-order valence-electron chi connectivity index (χ2n) is 4.95. The molecule has 1 unspecified atom stereocenters. The van der Waals surface area contributed by atoms with Crippen molar-refractivity contribution < 1.29 is 14.7 Å². The van der Waals surface area contributed by atoms with Gasteiger partial charge in [-0.05, 0) is 31.9 Å². The van der Waals surface area contributed by atoms with Crippen molar-refractivity contribution in [3.8, 4) is 5.75 Å². The van der Waals surface area contributed by atoms with Gasteiger partial charge in [0.05, 0.1) is 11.5 Å². The van der Waals surface area contributed by atoms with Crippen molar-refractivity contribution >= 4 is 17.4 Å². The molecule has 1 saturated heterocycles. The zero-order valence-corrected chi connectivity index (χ0v) is 10.9. The Morgan fingerprint density at radius 2 is 2.16 bits per heavy atom. The highest BCUT2D eigenvalue weighted by molar-refractivity contribution is 5.97. The van der Waals surface area contributed by atoms with E-state index >= 15 is 0 Å². The van der Waals surface area contributed by atoms with Crippen LogP contribution in [0.2, 0.25) is 0 Å². The highest BCUT2D eigenvalue weighted by atomic mass is 16.3. The number of nitrogens with two attached hydrogens (primary N) is 1. The lowest BCUT2D eigenvalue weighted by molar-refractivity contribution is -0.122. The summed E-state index contributed by atoms with van der Waals surface area (Å²) in [6.07, 6.45) is 1.70. The third-order valence-corrected chi connectivity index (χ3v) is 3.55. The van der Waals surface area contributed by atoms with Crippen molar-refractivity contribution in [2.75, 3.05) is 18.0 Å². The van der Waals surface area contributed by atoms with E-state index in [0.717, 1.165) is 25.1 Å². The molecule has 1 amide bonds. The molecule has 5 heteroatoms. The summed E-state index contributed by atoms with van der Waals surface area (Å²) in [5.41, 5.74) is 6.47. The van der Waals surface area contributed by atoms with Gasteiger partial charge in [0.1, 0.15) is 5.75 Å². The van der Waals surface area contributed by atoms with E-state index in [2.05, 4.69) is 0 Å². The highest BCUT2D eigenvalue weighted by Gasteiger charge is 2.24. The number of Topliss-reactive ketones (excluding diaryl/α,β-unsaturated/α-hetero) is 1. The predicted molar refractivity (Wildman–Crippen MR) is 72.2 cm³/mol. The lowest BCUT2D eigenvalue weighted by Gasteiger charge is -2.33. The van der Waals surface area contributed by atoms with Crippen LogP contribution in [0.3, 0.4) is 0 Å². The first-order chi connectivity index (χ1) is 8.99. The first kappa shape index (κ1) is 13.4. The fourth-order valence-corrected chi connectivity index (χ4v) is 2.46. The number of rotatable bonds is 3. The van der Waals surface area contributed by atoms with Gasteiger partial charge >= 0.3 is 0 Å². The summed E-state index contributed by atoms with van der Waals surface area (Å²) in [4.78, 5) is 24.5. The van der Waals surface area contributed by atoms with Crippen molar-refractivity contribution in [1.29, 1.82) is 0 Å². The van der Waals surface area contributed by atoms with Gasteiger partial charge in [-0.3, -0.25) is 9.59 Å². The minimum absolute atomic E-state index is 0.0220. The van der Waals surface area contributed by atoms with Gasteiger partial charge in [-0.25, -0.2) is 0 Å². The summed E-state index contributed by atoms with van der Waals surface area (Å²) in [5, 5.41) is 9.83. The van der Waals surface area contributed by atoms with Gasteiger partial charge < -0.3 is 15.7 Å². The van der Waals surface area contributed by atoms with Crippen LogP contribution in [0.15, 0.2) is 18.2 Å². The van der Waals surface area contributed by atoms with Gasteiger partial charge in [0.15, 0.2) is 5.78 Å². The number of ketones is 1. The average Bonchev–Trinajstić information content (AvgIpc) is 2.38. The van der Waals surface area contributed by atoms with Crippen LogP contribution in [0.5, 0.6) is 5.75 Å². The molecule has 1 atom stereocenters. The van der Waals surface area contributed by atoms with Crippen LogP contribution in [-0.4, -0.2) is 29.9 Å². The number of phenolic OH excluding ortho intramolecular Hbond substituents is 1. The smallest absolute Gasteiger partial charge is 0.222 e. The molecule has 0 radical (unpaired) electrons. The van der Waals surface area contributed by atoms with Gasteiger partial charge in [-0.15, -0.1) is 0 Å². The van der Waals surface area contributed by atoms with Crippen LogP contribution in [0.25, 0.3) is 0 Å². The van der Waals surface area contributed by atoms with E-state index in [1.165, 1.54) is 6.92 Å². The number of piperidine rings is 1. The number of hydrogen-bond donors (Lipinski definition) is 2. The fourth-order valence-electron chi connectivity index (χ4n) is 2.46. The molecule has 2 rings (SSSR count). The van der Waals surface area contributed by atoms with Gasteiger partial charge in [0.2, 0.25) is 5.91 Å². The zero-order chi connectivity index (χ0) is 14.0. The number of benzene rings is 1. The predicted octanol–water partition coefficient (Wildman–Crippen LogP) is 1.30. The molecule has 1 heterocycles. The molecule has 1 fully saturated rings. The third kappa shape index (κ3) is 2.86. The number of amides is 1. The van der Waals surface area contributed by atoms with Crippen LogP contribution in [0.1, 0.15) is 30.1 Å². The highest BCUT2D eigenvalue weighted by Crippen LogP contribution is 2.28. The van der Waals surface area contributed by atoms with Crippen LogP contribution < -0.4 is 10.6 Å². The summed E-state index contributed by atoms with van der Waals surface area (Å²) < 4.78 is 0. The van der Waals surface area contributed by atoms with Gasteiger partial charge in [-0.2, -0.15) is 0 Å². The summed E-state index contributed by atoms with van der Waals surface area (Å²) >= 11 is 0. The van der Waals surface area contributed by atoms with Crippen molar-refractivity contribution in [3.05, 3.63) is 23.8 Å². The Hall–Kier alpha value is -2.04. The topological polar surface area (TPSA) is 83.6 Å². The number of carbonyl (C=O) groups excluding carboxylic acids is 2. The van der Waals surface area contributed by atoms with E-state index in [1.54, 1.807) is 18.2 Å². The Morgan fingerprint density at radius 1 is 1.42 bits per heavy atom. The van der Waals surface area contributed by atoms with E-state index in [9.17, 15) is 14.7 Å². The maximum absolute atomic E-state index is 11.3. The van der Waals surface area contributed by atoms with Gasteiger partial charge in [-0.1, -0.05) is 0 Å². The van der Waals surface area contributed by atoms with Crippen LogP contribution in [0, 0.1) is 5.92 Å². The largest absolute Gasteiger partial charge is 0.507 e. The normalized spacial score (nSPS) is 19.2. The quantitative estimate of drug-likeness (QED) is 0.804. The zero-order valence-electron chi connectivity index (χ0n) is 10.9. The third-order valence-electron chi connectivity index (χ3n) is 3.55. The van der Waals surface area contributed by atoms with Crippen molar-refractivity contribution in [2.24, 2.45) is 11.7 Å². The standard InChI is InChI=1S/C14H18N2O3/c1-9(17)12-5-4-11(7-13(12)18)16-6-2-3-10(8-16)14(15)19/h4-5,7,10,18H,2-3,6,8H2,1H3,(H2,15,19). The molecule has 3 N–H and O–H groups in total. The molecule has 0 aromatic heterocycles. The van der Waals surface area contributed by atoms with Crippen molar-refractivity contribution in [2.45, 2.75) is 19.8 Å². The first-order valence-corrected chi connectivity index (χ1v) is 6.37. The van der Waals surface area contributed by atoms with E-state index in [-0.39, 0.29) is 23.4 Å². The van der Waals surface area contributed by atoms with E-state index in [4.69, 9.17) is 5.73 Å². The van der Waals surface area contributed by atoms with Crippen molar-refractivity contribution in [3.63, 3.8) is 0 Å². The Labute approximate surface area is 112 Å². The molecule has 0 bridgehead atoms. The Morgan fingerprint density at radius 3 is 2.74 bits per heavy atom. The number of hydrogen-bond acceptors (Lipinski definition) is 4. The van der Waals surface area contributed by atoms with E-state index < -0.39 is 0 Å². The Kier molecular flexibility index (Phi) is 3.74. The molecule has 5 nitrogen and oxygen atoms in total. The lowest BCUT2D eigenvalue weighted by atomic mass is 9.97. The maximum Gasteiger partial charge on any atom is 0.222 e. The summed E-state index contributed by atoms with van der Waals surface area (Å²) in [6, 6.07) is 4.97. The van der Waals surface area contributed by atoms with Crippen LogP contribution in [-0.2, 0) is 4.79 Å². The molecular weight excluding hydrogens is 244 g/mol. The number of primary amides is 1. The average molecular weight is 262 g/mol. The molecule has 19 heavy (non-hydrogen) atoms. The molecule has 102 valence electrons. The second kappa shape index (κ2) is 5.30. The second-order valence-corrected chi connectivity index (χ2v) is 4.95. The summed E-state index contributed by atoms with van der Waals surface area (Å²) in [6.45, 7) is 2.80. The summed E-state index contributed by atoms with van der Waals surface area (Å²) in [5.74, 6) is -0.624. The molecule has 0 aliphatic carbocycles. The lowest BCUT2D eigenvalue weighted by Crippen LogP contribution is -2.41. The molecular formula is C14H18N2O3. The molecule has 0 spiro atoms. The number of aromatic hydroxyl groups is 1.